The minimum atomic E-state index is -0.286. The van der Waals surface area contributed by atoms with E-state index in [1.807, 2.05) is 61.8 Å². The molecule has 1 amide bonds. The summed E-state index contributed by atoms with van der Waals surface area (Å²) in [5, 5.41) is 14.2. The Morgan fingerprint density at radius 3 is 2.49 bits per heavy atom. The molecule has 0 saturated carbocycles. The predicted molar refractivity (Wildman–Crippen MR) is 163 cm³/mol. The van der Waals surface area contributed by atoms with Crippen LogP contribution in [0.15, 0.2) is 73.7 Å². The van der Waals surface area contributed by atoms with Crippen molar-refractivity contribution >= 4 is 40.3 Å². The fourth-order valence-corrected chi connectivity index (χ4v) is 4.91. The van der Waals surface area contributed by atoms with E-state index in [0.717, 1.165) is 42.1 Å². The lowest BCUT2D eigenvalue weighted by Crippen LogP contribution is -2.31. The molecule has 0 aliphatic carbocycles. The van der Waals surface area contributed by atoms with E-state index in [1.165, 1.54) is 12.4 Å². The Kier molecular flexibility index (Phi) is 8.16. The van der Waals surface area contributed by atoms with Crippen LogP contribution in [0, 0.1) is 0 Å². The van der Waals surface area contributed by atoms with E-state index in [0.29, 0.717) is 34.8 Å². The van der Waals surface area contributed by atoms with Gasteiger partial charge in [0, 0.05) is 55.8 Å². The summed E-state index contributed by atoms with van der Waals surface area (Å²) < 4.78 is 7.54. The highest BCUT2D eigenvalue weighted by molar-refractivity contribution is 6.02. The summed E-state index contributed by atoms with van der Waals surface area (Å²) in [6.07, 6.45) is 5.69. The van der Waals surface area contributed by atoms with Gasteiger partial charge in [0.05, 0.1) is 29.9 Å². The Labute approximate surface area is 239 Å². The minimum absolute atomic E-state index is 0.286. The van der Waals surface area contributed by atoms with Gasteiger partial charge in [-0.25, -0.2) is 9.97 Å². The van der Waals surface area contributed by atoms with Gasteiger partial charge in [0.2, 0.25) is 5.91 Å². The Morgan fingerprint density at radius 1 is 1.07 bits per heavy atom. The fraction of sp³-hybridized carbons (Fsp3) is 0.267. The van der Waals surface area contributed by atoms with Crippen molar-refractivity contribution in [1.82, 2.24) is 24.6 Å². The molecule has 2 aromatic heterocycles. The average Bonchev–Trinajstić information content (AvgIpc) is 3.63. The highest BCUT2D eigenvalue weighted by Crippen LogP contribution is 2.40. The molecule has 1 fully saturated rings. The van der Waals surface area contributed by atoms with Crippen molar-refractivity contribution < 1.29 is 9.53 Å². The molecule has 1 aliphatic heterocycles. The lowest BCUT2D eigenvalue weighted by atomic mass is 10.1. The zero-order valence-electron chi connectivity index (χ0n) is 23.8. The van der Waals surface area contributed by atoms with E-state index in [9.17, 15) is 4.79 Å². The number of rotatable bonds is 10. The average molecular weight is 554 g/mol. The van der Waals surface area contributed by atoms with Gasteiger partial charge in [-0.3, -0.25) is 9.48 Å². The van der Waals surface area contributed by atoms with Crippen LogP contribution < -0.4 is 25.6 Å². The van der Waals surface area contributed by atoms with Gasteiger partial charge in [-0.2, -0.15) is 5.10 Å². The van der Waals surface area contributed by atoms with Gasteiger partial charge in [0.25, 0.3) is 0 Å². The Bertz CT molecular complexity index is 1550. The van der Waals surface area contributed by atoms with Gasteiger partial charge in [0.1, 0.15) is 23.7 Å². The standard InChI is InChI=1S/C30H35N9O2/c1-6-30(40)35-24-15-25(27(41-5)16-26(24)39-14-11-20(18-39)37(2)3)34-29-17-28(31-19-32-29)33-22-10-8-7-9-21(22)23-12-13-38(4)36-23/h6-10,12-13,15-17,19-20H,1,11,14,18H2,2-5H3,(H,35,40)(H2,31,32,33,34). The van der Waals surface area contributed by atoms with E-state index in [4.69, 9.17) is 4.74 Å². The zero-order chi connectivity index (χ0) is 28.9. The quantitative estimate of drug-likeness (QED) is 0.242. The van der Waals surface area contributed by atoms with E-state index in [1.54, 1.807) is 11.8 Å². The summed E-state index contributed by atoms with van der Waals surface area (Å²) in [7, 11) is 7.69. The summed E-state index contributed by atoms with van der Waals surface area (Å²) in [5.74, 6) is 1.50. The third-order valence-electron chi connectivity index (χ3n) is 7.10. The van der Waals surface area contributed by atoms with Crippen LogP contribution in [-0.4, -0.2) is 70.9 Å². The van der Waals surface area contributed by atoms with Crippen LogP contribution in [0.3, 0.4) is 0 Å². The van der Waals surface area contributed by atoms with E-state index in [2.05, 4.69) is 61.5 Å². The molecule has 0 spiro atoms. The molecule has 41 heavy (non-hydrogen) atoms. The van der Waals surface area contributed by atoms with Gasteiger partial charge in [-0.05, 0) is 44.8 Å². The number of para-hydroxylation sites is 1. The highest BCUT2D eigenvalue weighted by Gasteiger charge is 2.27. The normalized spacial score (nSPS) is 14.7. The number of likely N-dealkylation sites (N-methyl/N-ethyl adjacent to an activating group) is 1. The summed E-state index contributed by atoms with van der Waals surface area (Å²) >= 11 is 0. The molecular weight excluding hydrogens is 518 g/mol. The van der Waals surface area contributed by atoms with Gasteiger partial charge in [0.15, 0.2) is 0 Å². The molecule has 3 N–H and O–H groups in total. The number of hydrogen-bond acceptors (Lipinski definition) is 9. The second-order valence-corrected chi connectivity index (χ2v) is 10.1. The lowest BCUT2D eigenvalue weighted by molar-refractivity contribution is -0.111. The second-order valence-electron chi connectivity index (χ2n) is 10.1. The molecule has 1 atom stereocenters. The van der Waals surface area contributed by atoms with Gasteiger partial charge in [-0.15, -0.1) is 0 Å². The second kappa shape index (κ2) is 12.1. The molecule has 0 bridgehead atoms. The van der Waals surface area contributed by atoms with Crippen LogP contribution in [0.5, 0.6) is 5.75 Å². The van der Waals surface area contributed by atoms with Crippen LogP contribution in [0.4, 0.5) is 34.4 Å². The number of carbonyl (C=O) groups is 1. The van der Waals surface area contributed by atoms with Crippen molar-refractivity contribution in [2.24, 2.45) is 7.05 Å². The van der Waals surface area contributed by atoms with E-state index in [-0.39, 0.29) is 5.91 Å². The minimum Gasteiger partial charge on any atom is -0.494 e. The molecule has 4 aromatic rings. The van der Waals surface area contributed by atoms with E-state index < -0.39 is 0 Å². The van der Waals surface area contributed by atoms with Crippen molar-refractivity contribution in [2.75, 3.05) is 55.1 Å². The van der Waals surface area contributed by atoms with Crippen LogP contribution in [0.2, 0.25) is 0 Å². The van der Waals surface area contributed by atoms with Crippen molar-refractivity contribution in [3.63, 3.8) is 0 Å². The number of ether oxygens (including phenoxy) is 1. The number of nitrogens with zero attached hydrogens (tertiary/aromatic N) is 6. The summed E-state index contributed by atoms with van der Waals surface area (Å²) in [4.78, 5) is 25.7. The van der Waals surface area contributed by atoms with Crippen LogP contribution in [0.25, 0.3) is 11.3 Å². The SMILES string of the molecule is C=CC(=O)Nc1cc(Nc2cc(Nc3ccccc3-c3ccn(C)n3)ncn2)c(OC)cc1N1CCC(N(C)C)C1. The number of hydrogen-bond donors (Lipinski definition) is 3. The maximum atomic E-state index is 12.4. The predicted octanol–water partition coefficient (Wildman–Crippen LogP) is 4.64. The summed E-state index contributed by atoms with van der Waals surface area (Å²) in [6.45, 7) is 5.33. The zero-order valence-corrected chi connectivity index (χ0v) is 23.8. The Hall–Kier alpha value is -4.90. The van der Waals surface area contributed by atoms with Crippen molar-refractivity contribution in [3.8, 4) is 17.0 Å². The number of benzene rings is 2. The number of aryl methyl sites for hydroxylation is 1. The molecule has 3 heterocycles. The third kappa shape index (κ3) is 6.30. The van der Waals surface area contributed by atoms with Gasteiger partial charge >= 0.3 is 0 Å². The molecule has 1 saturated heterocycles. The highest BCUT2D eigenvalue weighted by atomic mass is 16.5. The largest absolute Gasteiger partial charge is 0.494 e. The molecule has 2 aromatic carbocycles. The first-order valence-corrected chi connectivity index (χ1v) is 13.4. The number of aromatic nitrogens is 4. The molecule has 0 radical (unpaired) electrons. The molecule has 11 heteroatoms. The van der Waals surface area contributed by atoms with Gasteiger partial charge < -0.3 is 30.5 Å². The molecule has 1 aliphatic rings. The maximum absolute atomic E-state index is 12.4. The monoisotopic (exact) mass is 553 g/mol. The fourth-order valence-electron chi connectivity index (χ4n) is 4.91. The van der Waals surface area contributed by atoms with Crippen LogP contribution >= 0.6 is 0 Å². The number of methoxy groups -OCH3 is 1. The summed E-state index contributed by atoms with van der Waals surface area (Å²) in [5.41, 5.74) is 4.89. The Morgan fingerprint density at radius 2 is 1.83 bits per heavy atom. The van der Waals surface area contributed by atoms with Crippen LogP contribution in [-0.2, 0) is 11.8 Å². The number of carbonyl (C=O) groups excluding carboxylic acids is 1. The lowest BCUT2D eigenvalue weighted by Gasteiger charge is -2.25. The van der Waals surface area contributed by atoms with Crippen LogP contribution in [0.1, 0.15) is 6.42 Å². The number of anilines is 6. The molecular formula is C30H35N9O2. The smallest absolute Gasteiger partial charge is 0.247 e. The van der Waals surface area contributed by atoms with Crippen molar-refractivity contribution in [2.45, 2.75) is 12.5 Å². The molecule has 212 valence electrons. The first kappa shape index (κ1) is 27.7. The molecule has 1 unspecified atom stereocenters. The molecule has 11 nitrogen and oxygen atoms in total. The Balaban J connectivity index is 1.43. The van der Waals surface area contributed by atoms with Gasteiger partial charge in [-0.1, -0.05) is 24.8 Å². The number of nitrogens with one attached hydrogen (secondary N) is 3. The first-order valence-electron chi connectivity index (χ1n) is 13.4. The van der Waals surface area contributed by atoms with Crippen molar-refractivity contribution in [1.29, 1.82) is 0 Å². The third-order valence-corrected chi connectivity index (χ3v) is 7.10. The van der Waals surface area contributed by atoms with Crippen molar-refractivity contribution in [3.05, 3.63) is 73.7 Å². The number of amides is 1. The first-order chi connectivity index (χ1) is 19.8. The topological polar surface area (TPSA) is 112 Å². The maximum Gasteiger partial charge on any atom is 0.247 e. The summed E-state index contributed by atoms with van der Waals surface area (Å²) in [6, 6.07) is 15.9. The molecule has 5 rings (SSSR count). The van der Waals surface area contributed by atoms with E-state index >= 15 is 0 Å².